The van der Waals surface area contributed by atoms with E-state index in [1.165, 1.54) is 13.5 Å². The Hall–Kier alpha value is -0.820. The van der Waals surface area contributed by atoms with Gasteiger partial charge < -0.3 is 10.1 Å². The van der Waals surface area contributed by atoms with Crippen molar-refractivity contribution in [2.45, 2.75) is 50.1 Å². The first-order valence-electron chi connectivity index (χ1n) is 7.83. The molecule has 23 heavy (non-hydrogen) atoms. The van der Waals surface area contributed by atoms with Crippen LogP contribution in [0.25, 0.3) is 0 Å². The first-order valence-corrected chi connectivity index (χ1v) is 9.27. The fraction of sp³-hybridized carbons (Fsp3) is 0.625. The highest BCUT2D eigenvalue weighted by atomic mass is 35.5. The van der Waals surface area contributed by atoms with Crippen molar-refractivity contribution in [2.24, 2.45) is 0 Å². The van der Waals surface area contributed by atoms with Crippen LogP contribution in [0.15, 0.2) is 17.0 Å². The maximum atomic E-state index is 13.1. The van der Waals surface area contributed by atoms with Crippen molar-refractivity contribution < 1.29 is 13.2 Å². The Morgan fingerprint density at radius 3 is 2.35 bits per heavy atom. The Balaban J connectivity index is 0.00000192. The predicted molar refractivity (Wildman–Crippen MR) is 93.0 cm³/mol. The van der Waals surface area contributed by atoms with Crippen LogP contribution in [0, 0.1) is 13.8 Å². The lowest BCUT2D eigenvalue weighted by Crippen LogP contribution is -2.59. The molecule has 1 aromatic carbocycles. The lowest BCUT2D eigenvalue weighted by molar-refractivity contribution is 0.190. The summed E-state index contributed by atoms with van der Waals surface area (Å²) in [6.07, 6.45) is 3.28. The number of nitrogens with one attached hydrogen (secondary N) is 1. The summed E-state index contributed by atoms with van der Waals surface area (Å²) in [6.45, 7) is 4.90. The van der Waals surface area contributed by atoms with E-state index in [9.17, 15) is 8.42 Å². The molecular formula is C16H25ClN2O3S. The molecule has 0 radical (unpaired) electrons. The molecule has 2 fully saturated rings. The minimum absolute atomic E-state index is 0. The first kappa shape index (κ1) is 18.5. The summed E-state index contributed by atoms with van der Waals surface area (Å²) in [5.74, 6) is 0.467. The van der Waals surface area contributed by atoms with E-state index in [1.54, 1.807) is 10.4 Å². The molecule has 130 valence electrons. The van der Waals surface area contributed by atoms with Gasteiger partial charge in [-0.05, 0) is 43.9 Å². The molecule has 0 aliphatic carbocycles. The number of hydrogen-bond donors (Lipinski definition) is 1. The van der Waals surface area contributed by atoms with Crippen molar-refractivity contribution >= 4 is 22.4 Å². The van der Waals surface area contributed by atoms with Crippen molar-refractivity contribution in [3.8, 4) is 5.75 Å². The summed E-state index contributed by atoms with van der Waals surface area (Å²) >= 11 is 0. The molecule has 2 unspecified atom stereocenters. The van der Waals surface area contributed by atoms with Gasteiger partial charge in [0.15, 0.2) is 0 Å². The average molecular weight is 361 g/mol. The van der Waals surface area contributed by atoms with Gasteiger partial charge in [-0.3, -0.25) is 0 Å². The van der Waals surface area contributed by atoms with E-state index in [0.717, 1.165) is 24.0 Å². The molecule has 2 atom stereocenters. The molecule has 2 aliphatic rings. The number of halogens is 1. The molecule has 1 N–H and O–H groups in total. The minimum atomic E-state index is -3.52. The van der Waals surface area contributed by atoms with Gasteiger partial charge in [-0.1, -0.05) is 12.5 Å². The highest BCUT2D eigenvalue weighted by molar-refractivity contribution is 7.89. The normalized spacial score (nSPS) is 24.8. The lowest BCUT2D eigenvalue weighted by Gasteiger charge is -2.41. The fourth-order valence-electron chi connectivity index (χ4n) is 3.67. The minimum Gasteiger partial charge on any atom is -0.495 e. The largest absolute Gasteiger partial charge is 0.495 e. The quantitative estimate of drug-likeness (QED) is 0.898. The second kappa shape index (κ2) is 6.97. The molecule has 2 saturated heterocycles. The molecule has 0 saturated carbocycles. The predicted octanol–water partition coefficient (Wildman–Crippen LogP) is 2.25. The van der Waals surface area contributed by atoms with Crippen molar-refractivity contribution in [1.29, 1.82) is 0 Å². The number of fused-ring (bicyclic) bond motifs is 2. The van der Waals surface area contributed by atoms with Crippen LogP contribution in [0.3, 0.4) is 0 Å². The van der Waals surface area contributed by atoms with Gasteiger partial charge in [0.25, 0.3) is 0 Å². The van der Waals surface area contributed by atoms with E-state index in [2.05, 4.69) is 5.32 Å². The first-order chi connectivity index (χ1) is 10.4. The SMILES string of the molecule is COc1c(C)cc(C)cc1S(=O)(=O)N1CC2CCCC(C1)N2.Cl. The van der Waals surface area contributed by atoms with Gasteiger partial charge in [-0.2, -0.15) is 4.31 Å². The van der Waals surface area contributed by atoms with Crippen molar-refractivity contribution in [3.05, 3.63) is 23.3 Å². The maximum absolute atomic E-state index is 13.1. The Morgan fingerprint density at radius 1 is 1.17 bits per heavy atom. The number of rotatable bonds is 3. The van der Waals surface area contributed by atoms with Gasteiger partial charge in [0.2, 0.25) is 10.0 Å². The third-order valence-corrected chi connectivity index (χ3v) is 6.47. The van der Waals surface area contributed by atoms with Crippen molar-refractivity contribution in [1.82, 2.24) is 9.62 Å². The van der Waals surface area contributed by atoms with Crippen molar-refractivity contribution in [3.63, 3.8) is 0 Å². The maximum Gasteiger partial charge on any atom is 0.246 e. The number of sulfonamides is 1. The number of hydrogen-bond acceptors (Lipinski definition) is 4. The second-order valence-electron chi connectivity index (χ2n) is 6.43. The smallest absolute Gasteiger partial charge is 0.246 e. The Morgan fingerprint density at radius 2 is 1.78 bits per heavy atom. The monoisotopic (exact) mass is 360 g/mol. The van der Waals surface area contributed by atoms with E-state index < -0.39 is 10.0 Å². The number of piperazine rings is 1. The van der Waals surface area contributed by atoms with E-state index in [1.807, 2.05) is 19.9 Å². The van der Waals surface area contributed by atoms with Crippen LogP contribution >= 0.6 is 12.4 Å². The van der Waals surface area contributed by atoms with Gasteiger partial charge in [-0.15, -0.1) is 12.4 Å². The van der Waals surface area contributed by atoms with Crippen LogP contribution in [0.2, 0.25) is 0 Å². The Bertz CT molecular complexity index is 666. The highest BCUT2D eigenvalue weighted by Gasteiger charge is 2.37. The number of methoxy groups -OCH3 is 1. The molecule has 2 bridgehead atoms. The summed E-state index contributed by atoms with van der Waals surface area (Å²) < 4.78 is 33.3. The zero-order valence-corrected chi connectivity index (χ0v) is 15.5. The van der Waals surface area contributed by atoms with Crippen LogP contribution in [0.5, 0.6) is 5.75 Å². The summed E-state index contributed by atoms with van der Waals surface area (Å²) in [5.41, 5.74) is 1.80. The van der Waals surface area contributed by atoms with Crippen LogP contribution in [-0.2, 0) is 10.0 Å². The highest BCUT2D eigenvalue weighted by Crippen LogP contribution is 2.33. The zero-order chi connectivity index (χ0) is 15.9. The number of aryl methyl sites for hydroxylation is 2. The van der Waals surface area contributed by atoms with E-state index >= 15 is 0 Å². The molecule has 0 amide bonds. The van der Waals surface area contributed by atoms with Gasteiger partial charge in [-0.25, -0.2) is 8.42 Å². The molecule has 7 heteroatoms. The van der Waals surface area contributed by atoms with Crippen LogP contribution in [-0.4, -0.2) is 45.0 Å². The number of nitrogens with zero attached hydrogens (tertiary/aromatic N) is 1. The Labute approximate surface area is 144 Å². The number of benzene rings is 1. The molecule has 5 nitrogen and oxygen atoms in total. The summed E-state index contributed by atoms with van der Waals surface area (Å²) in [6, 6.07) is 4.22. The van der Waals surface area contributed by atoms with E-state index in [-0.39, 0.29) is 24.5 Å². The fourth-order valence-corrected chi connectivity index (χ4v) is 5.51. The van der Waals surface area contributed by atoms with Gasteiger partial charge in [0.05, 0.1) is 7.11 Å². The Kier molecular flexibility index (Phi) is 5.61. The number of piperidine rings is 1. The van der Waals surface area contributed by atoms with E-state index in [4.69, 9.17) is 4.74 Å². The number of ether oxygens (including phenoxy) is 1. The topological polar surface area (TPSA) is 58.6 Å². The molecule has 1 aromatic rings. The van der Waals surface area contributed by atoms with Gasteiger partial charge in [0, 0.05) is 25.2 Å². The summed E-state index contributed by atoms with van der Waals surface area (Å²) in [7, 11) is -1.99. The van der Waals surface area contributed by atoms with Gasteiger partial charge in [0.1, 0.15) is 10.6 Å². The standard InChI is InChI=1S/C16H24N2O3S.ClH/c1-11-7-12(2)16(21-3)15(8-11)22(19,20)18-9-13-5-4-6-14(10-18)17-13;/h7-8,13-14,17H,4-6,9-10H2,1-3H3;1H. The van der Waals surface area contributed by atoms with Gasteiger partial charge >= 0.3 is 0 Å². The van der Waals surface area contributed by atoms with Crippen LogP contribution in [0.4, 0.5) is 0 Å². The molecular weight excluding hydrogens is 336 g/mol. The van der Waals surface area contributed by atoms with E-state index in [0.29, 0.717) is 23.7 Å². The molecule has 0 spiro atoms. The third-order valence-electron chi connectivity index (χ3n) is 4.63. The summed E-state index contributed by atoms with van der Waals surface area (Å²) in [4.78, 5) is 0.299. The molecule has 2 heterocycles. The van der Waals surface area contributed by atoms with Crippen LogP contribution < -0.4 is 10.1 Å². The lowest BCUT2D eigenvalue weighted by atomic mass is 9.96. The molecule has 3 rings (SSSR count). The van der Waals surface area contributed by atoms with Crippen LogP contribution in [0.1, 0.15) is 30.4 Å². The molecule has 0 aromatic heterocycles. The summed E-state index contributed by atoms with van der Waals surface area (Å²) in [5, 5.41) is 3.52. The zero-order valence-electron chi connectivity index (χ0n) is 13.8. The van der Waals surface area contributed by atoms with Crippen molar-refractivity contribution in [2.75, 3.05) is 20.2 Å². The second-order valence-corrected chi connectivity index (χ2v) is 8.33. The third kappa shape index (κ3) is 3.50. The molecule has 2 aliphatic heterocycles. The average Bonchev–Trinajstić information content (AvgIpc) is 2.46.